The van der Waals surface area contributed by atoms with Gasteiger partial charge in [0.15, 0.2) is 0 Å². The van der Waals surface area contributed by atoms with E-state index in [4.69, 9.17) is 13.9 Å². The summed E-state index contributed by atoms with van der Waals surface area (Å²) >= 11 is 0. The molecule has 0 unspecified atom stereocenters. The highest BCUT2D eigenvalue weighted by molar-refractivity contribution is 5.41. The lowest BCUT2D eigenvalue weighted by atomic mass is 9.84. The molecule has 1 aromatic heterocycles. The minimum atomic E-state index is -0.851. The van der Waals surface area contributed by atoms with E-state index in [1.165, 1.54) is 5.56 Å². The lowest BCUT2D eigenvalue weighted by molar-refractivity contribution is -0.0292. The van der Waals surface area contributed by atoms with E-state index in [0.29, 0.717) is 24.3 Å². The number of nitrogens with zero attached hydrogens (tertiary/aromatic N) is 1. The highest BCUT2D eigenvalue weighted by Gasteiger charge is 2.35. The van der Waals surface area contributed by atoms with Crippen LogP contribution in [-0.2, 0) is 12.1 Å². The number of benzene rings is 1. The second-order valence-corrected chi connectivity index (χ2v) is 6.44. The van der Waals surface area contributed by atoms with Gasteiger partial charge in [0.2, 0.25) is 0 Å². The predicted octanol–water partition coefficient (Wildman–Crippen LogP) is 3.09. The second kappa shape index (κ2) is 6.87. The molecule has 2 heterocycles. The van der Waals surface area contributed by atoms with Gasteiger partial charge in [0, 0.05) is 19.2 Å². The summed E-state index contributed by atoms with van der Waals surface area (Å²) < 4.78 is 16.2. The van der Waals surface area contributed by atoms with Crippen molar-refractivity contribution >= 4 is 0 Å². The molecule has 1 aliphatic heterocycles. The molecule has 5 nitrogen and oxygen atoms in total. The van der Waals surface area contributed by atoms with E-state index < -0.39 is 5.60 Å². The molecular formula is C19H25NO4. The lowest BCUT2D eigenvalue weighted by Crippen LogP contribution is -2.42. The molecule has 3 rings (SSSR count). The summed E-state index contributed by atoms with van der Waals surface area (Å²) in [5.41, 5.74) is 1.18. The third-order valence-corrected chi connectivity index (χ3v) is 4.91. The Morgan fingerprint density at radius 3 is 2.25 bits per heavy atom. The van der Waals surface area contributed by atoms with Crippen molar-refractivity contribution in [2.24, 2.45) is 0 Å². The van der Waals surface area contributed by atoms with E-state index in [2.05, 4.69) is 11.8 Å². The van der Waals surface area contributed by atoms with Crippen molar-refractivity contribution < 1.29 is 19.0 Å². The zero-order valence-corrected chi connectivity index (χ0v) is 14.5. The Kier molecular flexibility index (Phi) is 4.83. The first-order valence-corrected chi connectivity index (χ1v) is 8.25. The molecule has 2 aromatic rings. The summed E-state index contributed by atoms with van der Waals surface area (Å²) in [6.45, 7) is 4.48. The normalized spacial score (nSPS) is 17.7. The van der Waals surface area contributed by atoms with Gasteiger partial charge < -0.3 is 19.0 Å². The first kappa shape index (κ1) is 16.9. The van der Waals surface area contributed by atoms with Crippen LogP contribution in [0.15, 0.2) is 34.9 Å². The van der Waals surface area contributed by atoms with Crippen LogP contribution < -0.4 is 9.47 Å². The zero-order chi connectivity index (χ0) is 17.2. The number of likely N-dealkylation sites (tertiary alicyclic amines) is 1. The molecular weight excluding hydrogens is 306 g/mol. The molecule has 24 heavy (non-hydrogen) atoms. The standard InChI is InChI=1S/C19H25NO4/c1-14-4-9-24-18(14)13-20-7-5-19(21,6-8-20)15-10-16(22-2)12-17(11-15)23-3/h4,9-12,21H,5-8,13H2,1-3H3. The summed E-state index contributed by atoms with van der Waals surface area (Å²) in [6.07, 6.45) is 3.07. The second-order valence-electron chi connectivity index (χ2n) is 6.44. The average Bonchev–Trinajstić information content (AvgIpc) is 3.01. The van der Waals surface area contributed by atoms with Gasteiger partial charge in [-0.15, -0.1) is 0 Å². The maximum atomic E-state index is 11.1. The average molecular weight is 331 g/mol. The molecule has 0 saturated carbocycles. The van der Waals surface area contributed by atoms with Crippen LogP contribution in [0, 0.1) is 6.92 Å². The fourth-order valence-electron chi connectivity index (χ4n) is 3.22. The van der Waals surface area contributed by atoms with E-state index in [1.54, 1.807) is 20.5 Å². The van der Waals surface area contributed by atoms with Gasteiger partial charge in [-0.05, 0) is 49.1 Å². The highest BCUT2D eigenvalue weighted by Crippen LogP contribution is 2.37. The van der Waals surface area contributed by atoms with Gasteiger partial charge in [0.05, 0.1) is 32.6 Å². The SMILES string of the molecule is COc1cc(OC)cc(C2(O)CCN(Cc3occc3C)CC2)c1. The molecule has 0 amide bonds. The monoisotopic (exact) mass is 331 g/mol. The van der Waals surface area contributed by atoms with Crippen molar-refractivity contribution in [1.82, 2.24) is 4.90 Å². The maximum absolute atomic E-state index is 11.1. The predicted molar refractivity (Wildman–Crippen MR) is 91.4 cm³/mol. The van der Waals surface area contributed by atoms with Crippen LogP contribution in [0.2, 0.25) is 0 Å². The van der Waals surface area contributed by atoms with Crippen molar-refractivity contribution in [1.29, 1.82) is 0 Å². The molecule has 1 aliphatic rings. The van der Waals surface area contributed by atoms with Gasteiger partial charge in [0.25, 0.3) is 0 Å². The number of piperidine rings is 1. The molecule has 0 bridgehead atoms. The number of rotatable bonds is 5. The number of methoxy groups -OCH3 is 2. The molecule has 5 heteroatoms. The zero-order valence-electron chi connectivity index (χ0n) is 14.5. The van der Waals surface area contributed by atoms with Crippen molar-refractivity contribution in [2.45, 2.75) is 31.9 Å². The Labute approximate surface area is 142 Å². The minimum absolute atomic E-state index is 0.670. The molecule has 1 aromatic carbocycles. The van der Waals surface area contributed by atoms with Crippen LogP contribution in [0.5, 0.6) is 11.5 Å². The van der Waals surface area contributed by atoms with Gasteiger partial charge in [-0.2, -0.15) is 0 Å². The largest absolute Gasteiger partial charge is 0.497 e. The van der Waals surface area contributed by atoms with Crippen LogP contribution >= 0.6 is 0 Å². The molecule has 1 saturated heterocycles. The number of ether oxygens (including phenoxy) is 2. The third kappa shape index (κ3) is 3.42. The third-order valence-electron chi connectivity index (χ3n) is 4.91. The van der Waals surface area contributed by atoms with Crippen LogP contribution in [0.3, 0.4) is 0 Å². The van der Waals surface area contributed by atoms with Crippen molar-refractivity contribution in [3.63, 3.8) is 0 Å². The van der Waals surface area contributed by atoms with E-state index in [-0.39, 0.29) is 0 Å². The molecule has 130 valence electrons. The number of aliphatic hydroxyl groups is 1. The first-order valence-electron chi connectivity index (χ1n) is 8.25. The van der Waals surface area contributed by atoms with Gasteiger partial charge in [-0.25, -0.2) is 0 Å². The summed E-state index contributed by atoms with van der Waals surface area (Å²) in [5.74, 6) is 2.40. The van der Waals surface area contributed by atoms with E-state index in [9.17, 15) is 5.11 Å². The van der Waals surface area contributed by atoms with E-state index in [1.807, 2.05) is 24.3 Å². The number of hydrogen-bond donors (Lipinski definition) is 1. The molecule has 0 radical (unpaired) electrons. The Bertz CT molecular complexity index is 664. The quantitative estimate of drug-likeness (QED) is 0.912. The van der Waals surface area contributed by atoms with Crippen molar-refractivity contribution in [2.75, 3.05) is 27.3 Å². The highest BCUT2D eigenvalue weighted by atomic mass is 16.5. The van der Waals surface area contributed by atoms with Crippen LogP contribution in [0.1, 0.15) is 29.7 Å². The van der Waals surface area contributed by atoms with Crippen LogP contribution in [-0.4, -0.2) is 37.3 Å². The topological polar surface area (TPSA) is 55.1 Å². The van der Waals surface area contributed by atoms with E-state index in [0.717, 1.165) is 31.0 Å². The molecule has 0 aliphatic carbocycles. The van der Waals surface area contributed by atoms with Gasteiger partial charge in [-0.3, -0.25) is 4.90 Å². The molecule has 1 fully saturated rings. The molecule has 0 atom stereocenters. The van der Waals surface area contributed by atoms with Crippen molar-refractivity contribution in [3.05, 3.63) is 47.4 Å². The van der Waals surface area contributed by atoms with Gasteiger partial charge in [-0.1, -0.05) is 0 Å². The van der Waals surface area contributed by atoms with Crippen LogP contribution in [0.4, 0.5) is 0 Å². The van der Waals surface area contributed by atoms with Gasteiger partial charge in [0.1, 0.15) is 17.3 Å². The number of aryl methyl sites for hydroxylation is 1. The maximum Gasteiger partial charge on any atom is 0.122 e. The fourth-order valence-corrected chi connectivity index (χ4v) is 3.22. The fraction of sp³-hybridized carbons (Fsp3) is 0.474. The summed E-state index contributed by atoms with van der Waals surface area (Å²) in [5, 5.41) is 11.1. The summed E-state index contributed by atoms with van der Waals surface area (Å²) in [7, 11) is 3.24. The lowest BCUT2D eigenvalue weighted by Gasteiger charge is -2.38. The minimum Gasteiger partial charge on any atom is -0.497 e. The van der Waals surface area contributed by atoms with Gasteiger partial charge >= 0.3 is 0 Å². The smallest absolute Gasteiger partial charge is 0.122 e. The first-order chi connectivity index (χ1) is 11.5. The Balaban J connectivity index is 1.71. The van der Waals surface area contributed by atoms with E-state index >= 15 is 0 Å². The summed E-state index contributed by atoms with van der Waals surface area (Å²) in [4.78, 5) is 2.32. The van der Waals surface area contributed by atoms with Crippen LogP contribution in [0.25, 0.3) is 0 Å². The molecule has 1 N–H and O–H groups in total. The summed E-state index contributed by atoms with van der Waals surface area (Å²) in [6, 6.07) is 7.60. The Morgan fingerprint density at radius 2 is 1.75 bits per heavy atom. The molecule has 0 spiro atoms. The Hall–Kier alpha value is -1.98. The number of furan rings is 1. The number of hydrogen-bond acceptors (Lipinski definition) is 5. The Morgan fingerprint density at radius 1 is 1.12 bits per heavy atom. The van der Waals surface area contributed by atoms with Crippen molar-refractivity contribution in [3.8, 4) is 11.5 Å².